The van der Waals surface area contributed by atoms with Crippen molar-refractivity contribution in [2.24, 2.45) is 0 Å². The zero-order chi connectivity index (χ0) is 18.0. The number of carboxylic acid groups (broad SMARTS) is 1. The summed E-state index contributed by atoms with van der Waals surface area (Å²) in [7, 11) is 3.99. The van der Waals surface area contributed by atoms with Crippen molar-refractivity contribution in [3.8, 4) is 0 Å². The SMILES string of the molecule is CN(C)c1ccc(/C=C/c2cc(C(=O)O)c3cc(Br)ccc3n2)cc1. The van der Waals surface area contributed by atoms with Gasteiger partial charge in [-0.1, -0.05) is 34.1 Å². The Morgan fingerprint density at radius 2 is 1.80 bits per heavy atom. The summed E-state index contributed by atoms with van der Waals surface area (Å²) in [4.78, 5) is 18.2. The van der Waals surface area contributed by atoms with E-state index in [1.807, 2.05) is 67.5 Å². The van der Waals surface area contributed by atoms with Crippen LogP contribution in [-0.2, 0) is 0 Å². The van der Waals surface area contributed by atoms with E-state index in [1.54, 1.807) is 12.1 Å². The summed E-state index contributed by atoms with van der Waals surface area (Å²) < 4.78 is 0.827. The molecule has 4 nitrogen and oxygen atoms in total. The van der Waals surface area contributed by atoms with E-state index in [2.05, 4.69) is 20.9 Å². The van der Waals surface area contributed by atoms with E-state index in [4.69, 9.17) is 0 Å². The van der Waals surface area contributed by atoms with Gasteiger partial charge in [0.15, 0.2) is 0 Å². The van der Waals surface area contributed by atoms with Gasteiger partial charge >= 0.3 is 5.97 Å². The summed E-state index contributed by atoms with van der Waals surface area (Å²) in [6.45, 7) is 0. The molecule has 0 aliphatic carbocycles. The third-order valence-corrected chi connectivity index (χ3v) is 4.37. The number of hydrogen-bond acceptors (Lipinski definition) is 3. The molecule has 1 heterocycles. The van der Waals surface area contributed by atoms with Gasteiger partial charge in [0.05, 0.1) is 16.8 Å². The number of aromatic carboxylic acids is 1. The largest absolute Gasteiger partial charge is 0.478 e. The van der Waals surface area contributed by atoms with E-state index in [0.717, 1.165) is 15.7 Å². The topological polar surface area (TPSA) is 53.4 Å². The van der Waals surface area contributed by atoms with Crippen LogP contribution in [0.4, 0.5) is 5.69 Å². The molecule has 2 aromatic carbocycles. The van der Waals surface area contributed by atoms with Crippen molar-refractivity contribution in [3.63, 3.8) is 0 Å². The lowest BCUT2D eigenvalue weighted by atomic mass is 10.1. The van der Waals surface area contributed by atoms with Crippen molar-refractivity contribution in [1.29, 1.82) is 0 Å². The Morgan fingerprint density at radius 1 is 1.08 bits per heavy atom. The quantitative estimate of drug-likeness (QED) is 0.678. The van der Waals surface area contributed by atoms with Crippen LogP contribution in [0.5, 0.6) is 0 Å². The number of hydrogen-bond donors (Lipinski definition) is 1. The monoisotopic (exact) mass is 396 g/mol. The molecule has 0 aliphatic rings. The Morgan fingerprint density at radius 3 is 2.44 bits per heavy atom. The van der Waals surface area contributed by atoms with Gasteiger partial charge in [0, 0.05) is 29.6 Å². The first-order valence-corrected chi connectivity index (χ1v) is 8.52. The molecule has 0 bridgehead atoms. The fraction of sp³-hybridized carbons (Fsp3) is 0.100. The first kappa shape index (κ1) is 17.2. The second kappa shape index (κ2) is 7.07. The molecule has 0 aliphatic heterocycles. The second-order valence-electron chi connectivity index (χ2n) is 5.88. The van der Waals surface area contributed by atoms with Crippen LogP contribution >= 0.6 is 15.9 Å². The van der Waals surface area contributed by atoms with Crippen LogP contribution in [0.15, 0.2) is 53.0 Å². The fourth-order valence-electron chi connectivity index (χ4n) is 2.55. The molecular formula is C20H17BrN2O2. The van der Waals surface area contributed by atoms with Crippen LogP contribution in [0.2, 0.25) is 0 Å². The average Bonchev–Trinajstić information content (AvgIpc) is 2.59. The van der Waals surface area contributed by atoms with Crippen LogP contribution in [0.25, 0.3) is 23.1 Å². The lowest BCUT2D eigenvalue weighted by Gasteiger charge is -2.11. The van der Waals surface area contributed by atoms with E-state index >= 15 is 0 Å². The lowest BCUT2D eigenvalue weighted by molar-refractivity contribution is 0.0699. The summed E-state index contributed by atoms with van der Waals surface area (Å²) >= 11 is 3.37. The maximum absolute atomic E-state index is 11.6. The highest BCUT2D eigenvalue weighted by Crippen LogP contribution is 2.24. The smallest absolute Gasteiger partial charge is 0.336 e. The van der Waals surface area contributed by atoms with Gasteiger partial charge in [-0.2, -0.15) is 0 Å². The van der Waals surface area contributed by atoms with Crippen LogP contribution < -0.4 is 4.90 Å². The third kappa shape index (κ3) is 3.88. The molecule has 126 valence electrons. The molecule has 0 amide bonds. The summed E-state index contributed by atoms with van der Waals surface area (Å²) in [6, 6.07) is 15.1. The van der Waals surface area contributed by atoms with Crippen LogP contribution in [0.3, 0.4) is 0 Å². The number of anilines is 1. The van der Waals surface area contributed by atoms with Gasteiger partial charge in [-0.3, -0.25) is 0 Å². The molecular weight excluding hydrogens is 380 g/mol. The molecule has 5 heteroatoms. The highest BCUT2D eigenvalue weighted by atomic mass is 79.9. The lowest BCUT2D eigenvalue weighted by Crippen LogP contribution is -2.07. The Balaban J connectivity index is 1.98. The zero-order valence-corrected chi connectivity index (χ0v) is 15.5. The Bertz CT molecular complexity index is 963. The maximum atomic E-state index is 11.6. The van der Waals surface area contributed by atoms with Gasteiger partial charge in [0.1, 0.15) is 0 Å². The number of fused-ring (bicyclic) bond motifs is 1. The molecule has 3 rings (SSSR count). The van der Waals surface area contributed by atoms with Crippen LogP contribution in [0, 0.1) is 0 Å². The van der Waals surface area contributed by atoms with Crippen molar-refractivity contribution >= 4 is 50.6 Å². The molecule has 0 atom stereocenters. The van der Waals surface area contributed by atoms with Gasteiger partial charge in [0.25, 0.3) is 0 Å². The Labute approximate surface area is 154 Å². The zero-order valence-electron chi connectivity index (χ0n) is 13.9. The van der Waals surface area contributed by atoms with E-state index in [-0.39, 0.29) is 5.56 Å². The maximum Gasteiger partial charge on any atom is 0.336 e. The van der Waals surface area contributed by atoms with Gasteiger partial charge in [-0.15, -0.1) is 0 Å². The number of benzene rings is 2. The molecule has 25 heavy (non-hydrogen) atoms. The highest BCUT2D eigenvalue weighted by molar-refractivity contribution is 9.10. The van der Waals surface area contributed by atoms with Gasteiger partial charge in [0.2, 0.25) is 0 Å². The number of halogens is 1. The minimum absolute atomic E-state index is 0.244. The predicted octanol–water partition coefficient (Wildman–Crippen LogP) is 4.93. The molecule has 0 radical (unpaired) electrons. The molecule has 0 unspecified atom stereocenters. The minimum atomic E-state index is -0.963. The average molecular weight is 397 g/mol. The Kier molecular flexibility index (Phi) is 4.86. The first-order valence-electron chi connectivity index (χ1n) is 7.73. The van der Waals surface area contributed by atoms with Crippen LogP contribution in [0.1, 0.15) is 21.6 Å². The summed E-state index contributed by atoms with van der Waals surface area (Å²) in [5.41, 5.74) is 3.67. The van der Waals surface area contributed by atoms with E-state index in [1.165, 1.54) is 0 Å². The van der Waals surface area contributed by atoms with Crippen molar-refractivity contribution in [3.05, 3.63) is 69.8 Å². The second-order valence-corrected chi connectivity index (χ2v) is 6.80. The summed E-state index contributed by atoms with van der Waals surface area (Å²) in [5.74, 6) is -0.963. The van der Waals surface area contributed by atoms with Gasteiger partial charge in [-0.05, 0) is 48.0 Å². The van der Waals surface area contributed by atoms with Gasteiger partial charge in [-0.25, -0.2) is 9.78 Å². The number of aromatic nitrogens is 1. The number of carboxylic acids is 1. The number of nitrogens with zero attached hydrogens (tertiary/aromatic N) is 2. The fourth-order valence-corrected chi connectivity index (χ4v) is 2.91. The standard InChI is InChI=1S/C20H17BrN2O2/c1-23(2)16-8-4-13(5-9-16)3-7-15-12-18(20(24)25)17-11-14(21)6-10-19(17)22-15/h3-12H,1-2H3,(H,24,25)/b7-3+. The number of pyridine rings is 1. The molecule has 0 spiro atoms. The minimum Gasteiger partial charge on any atom is -0.478 e. The van der Waals surface area contributed by atoms with Crippen molar-refractivity contribution < 1.29 is 9.90 Å². The van der Waals surface area contributed by atoms with Gasteiger partial charge < -0.3 is 10.0 Å². The number of carbonyl (C=O) groups is 1. The highest BCUT2D eigenvalue weighted by Gasteiger charge is 2.11. The molecule has 1 aromatic heterocycles. The summed E-state index contributed by atoms with van der Waals surface area (Å²) in [5, 5.41) is 10.1. The van der Waals surface area contributed by atoms with E-state index < -0.39 is 5.97 Å². The molecule has 1 N–H and O–H groups in total. The first-order chi connectivity index (χ1) is 11.9. The molecule has 0 saturated carbocycles. The van der Waals surface area contributed by atoms with Crippen molar-refractivity contribution in [1.82, 2.24) is 4.98 Å². The molecule has 3 aromatic rings. The third-order valence-electron chi connectivity index (χ3n) is 3.88. The van der Waals surface area contributed by atoms with Crippen molar-refractivity contribution in [2.75, 3.05) is 19.0 Å². The molecule has 0 saturated heterocycles. The Hall–Kier alpha value is -2.66. The normalized spacial score (nSPS) is 11.2. The predicted molar refractivity (Wildman–Crippen MR) is 106 cm³/mol. The van der Waals surface area contributed by atoms with Crippen molar-refractivity contribution in [2.45, 2.75) is 0 Å². The van der Waals surface area contributed by atoms with E-state index in [0.29, 0.717) is 16.6 Å². The van der Waals surface area contributed by atoms with E-state index in [9.17, 15) is 9.90 Å². The van der Waals surface area contributed by atoms with Crippen LogP contribution in [-0.4, -0.2) is 30.2 Å². The summed E-state index contributed by atoms with van der Waals surface area (Å²) in [6.07, 6.45) is 3.76. The number of rotatable bonds is 4. The molecule has 0 fully saturated rings.